The zero-order chi connectivity index (χ0) is 20.5. The molecule has 5 rings (SSSR count). The van der Waals surface area contributed by atoms with Gasteiger partial charge in [-0.05, 0) is 48.5 Å². The van der Waals surface area contributed by atoms with Crippen molar-refractivity contribution in [1.82, 2.24) is 19.9 Å². The maximum Gasteiger partial charge on any atom is 0.274 e. The Morgan fingerprint density at radius 1 is 0.900 bits per heavy atom. The summed E-state index contributed by atoms with van der Waals surface area (Å²) in [5.74, 6) is 2.03. The third-order valence-corrected chi connectivity index (χ3v) is 5.61. The number of hydrogen-bond donors (Lipinski definition) is 1. The number of pyridine rings is 1. The molecule has 0 spiro atoms. The number of aromatic nitrogens is 4. The van der Waals surface area contributed by atoms with Gasteiger partial charge in [0.05, 0.1) is 30.0 Å². The van der Waals surface area contributed by atoms with E-state index in [1.165, 1.54) is 11.3 Å². The summed E-state index contributed by atoms with van der Waals surface area (Å²) in [6.07, 6.45) is 3.48. The molecule has 2 aromatic carbocycles. The molecule has 1 N–H and O–H groups in total. The average molecular weight is 415 g/mol. The fourth-order valence-corrected chi connectivity index (χ4v) is 3.98. The van der Waals surface area contributed by atoms with Crippen LogP contribution in [0.25, 0.3) is 32.5 Å². The van der Waals surface area contributed by atoms with Crippen LogP contribution in [0.15, 0.2) is 60.9 Å². The predicted molar refractivity (Wildman–Crippen MR) is 119 cm³/mol. The molecule has 0 fully saturated rings. The molecule has 0 aliphatic rings. The standard InChI is InChI=1S/C22H17N5O2S/c1-28-15-6-8-17-16(11-15)21(27-20(25-17)13-4-3-9-23-12-13)24-14-5-7-18-19(10-14)30-22(26-18)29-2/h3-12H,1-2H3,(H,24,25,27). The highest BCUT2D eigenvalue weighted by atomic mass is 32.1. The van der Waals surface area contributed by atoms with Gasteiger partial charge in [-0.1, -0.05) is 11.3 Å². The van der Waals surface area contributed by atoms with Crippen molar-refractivity contribution in [3.8, 4) is 22.3 Å². The number of benzene rings is 2. The highest BCUT2D eigenvalue weighted by Gasteiger charge is 2.12. The fraction of sp³-hybridized carbons (Fsp3) is 0.0909. The van der Waals surface area contributed by atoms with Gasteiger partial charge in [0, 0.05) is 29.0 Å². The largest absolute Gasteiger partial charge is 0.497 e. The second-order valence-electron chi connectivity index (χ2n) is 6.51. The summed E-state index contributed by atoms with van der Waals surface area (Å²) in [7, 11) is 3.27. The second kappa shape index (κ2) is 7.57. The van der Waals surface area contributed by atoms with Crippen molar-refractivity contribution in [3.05, 3.63) is 60.9 Å². The summed E-state index contributed by atoms with van der Waals surface area (Å²) >= 11 is 1.50. The summed E-state index contributed by atoms with van der Waals surface area (Å²) in [4.78, 5) is 18.1. The molecular formula is C22H17N5O2S. The van der Waals surface area contributed by atoms with E-state index in [2.05, 4.69) is 15.3 Å². The molecule has 0 amide bonds. The van der Waals surface area contributed by atoms with E-state index in [0.29, 0.717) is 16.8 Å². The van der Waals surface area contributed by atoms with Crippen LogP contribution < -0.4 is 14.8 Å². The lowest BCUT2D eigenvalue weighted by molar-refractivity contribution is 0.413. The molecule has 3 aromatic heterocycles. The predicted octanol–water partition coefficient (Wildman–Crippen LogP) is 5.06. The molecule has 0 atom stereocenters. The smallest absolute Gasteiger partial charge is 0.274 e. The summed E-state index contributed by atoms with van der Waals surface area (Å²) in [6, 6.07) is 15.5. The van der Waals surface area contributed by atoms with Crippen molar-refractivity contribution in [1.29, 1.82) is 0 Å². The van der Waals surface area contributed by atoms with Crippen LogP contribution in [0.4, 0.5) is 11.5 Å². The van der Waals surface area contributed by atoms with Crippen LogP contribution in [0, 0.1) is 0 Å². The van der Waals surface area contributed by atoms with E-state index in [0.717, 1.165) is 38.1 Å². The maximum atomic E-state index is 5.40. The number of rotatable bonds is 5. The van der Waals surface area contributed by atoms with Crippen LogP contribution in [0.3, 0.4) is 0 Å². The third kappa shape index (κ3) is 3.37. The number of anilines is 2. The van der Waals surface area contributed by atoms with E-state index in [-0.39, 0.29) is 0 Å². The Morgan fingerprint density at radius 2 is 1.80 bits per heavy atom. The van der Waals surface area contributed by atoms with Gasteiger partial charge in [0.1, 0.15) is 11.6 Å². The third-order valence-electron chi connectivity index (χ3n) is 4.63. The molecule has 0 aliphatic heterocycles. The van der Waals surface area contributed by atoms with Crippen molar-refractivity contribution >= 4 is 44.0 Å². The van der Waals surface area contributed by atoms with E-state index in [9.17, 15) is 0 Å². The zero-order valence-electron chi connectivity index (χ0n) is 16.3. The van der Waals surface area contributed by atoms with Gasteiger partial charge < -0.3 is 14.8 Å². The molecule has 148 valence electrons. The van der Waals surface area contributed by atoms with E-state index in [4.69, 9.17) is 19.4 Å². The van der Waals surface area contributed by atoms with Gasteiger partial charge >= 0.3 is 0 Å². The molecule has 7 nitrogen and oxygen atoms in total. The van der Waals surface area contributed by atoms with E-state index in [1.807, 2.05) is 48.5 Å². The molecule has 0 unspecified atom stereocenters. The Hall–Kier alpha value is -3.78. The number of ether oxygens (including phenoxy) is 2. The van der Waals surface area contributed by atoms with E-state index in [1.54, 1.807) is 26.6 Å². The van der Waals surface area contributed by atoms with Crippen LogP contribution in [0.2, 0.25) is 0 Å². The van der Waals surface area contributed by atoms with Crippen molar-refractivity contribution in [2.45, 2.75) is 0 Å². The van der Waals surface area contributed by atoms with Gasteiger partial charge in [0.15, 0.2) is 5.82 Å². The van der Waals surface area contributed by atoms with E-state index < -0.39 is 0 Å². The quantitative estimate of drug-likeness (QED) is 0.429. The molecule has 0 aliphatic carbocycles. The van der Waals surface area contributed by atoms with Gasteiger partial charge in [-0.2, -0.15) is 0 Å². The summed E-state index contributed by atoms with van der Waals surface area (Å²) in [6.45, 7) is 0. The van der Waals surface area contributed by atoms with Gasteiger partial charge in [0.2, 0.25) is 0 Å². The highest BCUT2D eigenvalue weighted by Crippen LogP contribution is 2.33. The van der Waals surface area contributed by atoms with Gasteiger partial charge in [-0.15, -0.1) is 0 Å². The van der Waals surface area contributed by atoms with Gasteiger partial charge in [-0.25, -0.2) is 15.0 Å². The van der Waals surface area contributed by atoms with Crippen molar-refractivity contribution < 1.29 is 9.47 Å². The van der Waals surface area contributed by atoms with Crippen molar-refractivity contribution in [2.24, 2.45) is 0 Å². The van der Waals surface area contributed by atoms with Gasteiger partial charge in [0.25, 0.3) is 5.19 Å². The molecule has 5 aromatic rings. The zero-order valence-corrected chi connectivity index (χ0v) is 17.1. The molecule has 30 heavy (non-hydrogen) atoms. The van der Waals surface area contributed by atoms with Crippen molar-refractivity contribution in [3.63, 3.8) is 0 Å². The van der Waals surface area contributed by atoms with Crippen molar-refractivity contribution in [2.75, 3.05) is 19.5 Å². The normalized spacial score (nSPS) is 11.0. The summed E-state index contributed by atoms with van der Waals surface area (Å²) in [5, 5.41) is 4.94. The molecule has 0 bridgehead atoms. The number of hydrogen-bond acceptors (Lipinski definition) is 8. The Balaban J connectivity index is 1.64. The second-order valence-corrected chi connectivity index (χ2v) is 7.51. The van der Waals surface area contributed by atoms with Crippen LogP contribution in [0.5, 0.6) is 10.9 Å². The summed E-state index contributed by atoms with van der Waals surface area (Å²) in [5.41, 5.74) is 3.45. The molecule has 0 saturated heterocycles. The number of nitrogens with one attached hydrogen (secondary N) is 1. The Bertz CT molecular complexity index is 1350. The van der Waals surface area contributed by atoms with E-state index >= 15 is 0 Å². The lowest BCUT2D eigenvalue weighted by Gasteiger charge is -2.12. The minimum Gasteiger partial charge on any atom is -0.497 e. The Morgan fingerprint density at radius 3 is 2.60 bits per heavy atom. The number of nitrogens with zero attached hydrogens (tertiary/aromatic N) is 4. The molecule has 0 saturated carbocycles. The first kappa shape index (κ1) is 18.3. The van der Waals surface area contributed by atoms with Crippen LogP contribution in [0.1, 0.15) is 0 Å². The highest BCUT2D eigenvalue weighted by molar-refractivity contribution is 7.20. The lowest BCUT2D eigenvalue weighted by atomic mass is 10.2. The first-order chi connectivity index (χ1) is 14.7. The van der Waals surface area contributed by atoms with Crippen LogP contribution in [-0.4, -0.2) is 34.2 Å². The topological polar surface area (TPSA) is 82.1 Å². The molecule has 0 radical (unpaired) electrons. The van der Waals surface area contributed by atoms with Gasteiger partial charge in [-0.3, -0.25) is 4.98 Å². The number of methoxy groups -OCH3 is 2. The molecule has 3 heterocycles. The Kier molecular flexibility index (Phi) is 4.61. The monoisotopic (exact) mass is 415 g/mol. The minimum atomic E-state index is 0.601. The Labute approximate surface area is 176 Å². The maximum absolute atomic E-state index is 5.40. The number of thiazole rings is 1. The van der Waals surface area contributed by atoms with Crippen LogP contribution >= 0.6 is 11.3 Å². The first-order valence-corrected chi connectivity index (χ1v) is 10.0. The molecule has 8 heteroatoms. The molecular weight excluding hydrogens is 398 g/mol. The SMILES string of the molecule is COc1ccc2nc(-c3cccnc3)nc(Nc3ccc4nc(OC)sc4c3)c2c1. The lowest BCUT2D eigenvalue weighted by Crippen LogP contribution is -2.00. The first-order valence-electron chi connectivity index (χ1n) is 9.21. The van der Waals surface area contributed by atoms with Crippen LogP contribution in [-0.2, 0) is 0 Å². The average Bonchev–Trinajstić information content (AvgIpc) is 3.22. The minimum absolute atomic E-state index is 0.601. The fourth-order valence-electron chi connectivity index (χ4n) is 3.16. The summed E-state index contributed by atoms with van der Waals surface area (Å²) < 4.78 is 11.7. The number of fused-ring (bicyclic) bond motifs is 2.